The fourth-order valence-corrected chi connectivity index (χ4v) is 3.65. The Kier molecular flexibility index (Phi) is 6.53. The fourth-order valence-electron chi connectivity index (χ4n) is 3.53. The van der Waals surface area contributed by atoms with Crippen LogP contribution in [0.15, 0.2) is 78.9 Å². The highest BCUT2D eigenvalue weighted by Crippen LogP contribution is 2.30. The Balaban J connectivity index is 1.32. The molecule has 0 spiro atoms. The Labute approximate surface area is 196 Å². The molecule has 3 amide bonds. The number of benzene rings is 3. The highest BCUT2D eigenvalue weighted by atomic mass is 35.5. The molecule has 1 heterocycles. The van der Waals surface area contributed by atoms with E-state index in [4.69, 9.17) is 21.1 Å². The van der Waals surface area contributed by atoms with Crippen LogP contribution in [-0.2, 0) is 10.3 Å². The summed E-state index contributed by atoms with van der Waals surface area (Å²) in [6, 6.07) is 22.5. The van der Waals surface area contributed by atoms with Crippen molar-refractivity contribution < 1.29 is 24.2 Å². The zero-order valence-corrected chi connectivity index (χ0v) is 18.7. The van der Waals surface area contributed by atoms with Gasteiger partial charge < -0.3 is 19.9 Å². The summed E-state index contributed by atoms with van der Waals surface area (Å²) in [6.45, 7) is 1.34. The summed E-state index contributed by atoms with van der Waals surface area (Å²) in [7, 11) is 0. The van der Waals surface area contributed by atoms with Gasteiger partial charge in [-0.2, -0.15) is 0 Å². The van der Waals surface area contributed by atoms with E-state index in [2.05, 4.69) is 5.32 Å². The van der Waals surface area contributed by atoms with Crippen LogP contribution in [0.5, 0.6) is 17.2 Å². The van der Waals surface area contributed by atoms with E-state index in [9.17, 15) is 14.7 Å². The summed E-state index contributed by atoms with van der Waals surface area (Å²) in [4.78, 5) is 26.4. The second-order valence-electron chi connectivity index (χ2n) is 7.83. The summed E-state index contributed by atoms with van der Waals surface area (Å²) in [5, 5.41) is 13.6. The molecule has 1 fully saturated rings. The molecule has 0 aromatic heterocycles. The minimum absolute atomic E-state index is 0.0897. The summed E-state index contributed by atoms with van der Waals surface area (Å²) < 4.78 is 11.3. The van der Waals surface area contributed by atoms with Gasteiger partial charge in [0.15, 0.2) is 0 Å². The van der Waals surface area contributed by atoms with E-state index < -0.39 is 23.6 Å². The number of para-hydroxylation sites is 1. The molecule has 0 radical (unpaired) electrons. The summed E-state index contributed by atoms with van der Waals surface area (Å²) in [5.74, 6) is 1.45. The van der Waals surface area contributed by atoms with Gasteiger partial charge in [-0.25, -0.2) is 4.79 Å². The standard InChI is InChI=1S/C25H23ClN2O5/c1-25(17-7-9-18(26)10-8-17)23(30)28(24(31)27-25)15-19(29)16-32-20-11-13-22(14-12-20)33-21-5-3-2-4-6-21/h2-14,19,29H,15-16H2,1H3,(H,27,31). The molecular weight excluding hydrogens is 444 g/mol. The van der Waals surface area contributed by atoms with E-state index >= 15 is 0 Å². The third kappa shape index (κ3) is 5.10. The first-order valence-corrected chi connectivity index (χ1v) is 10.8. The number of nitrogens with one attached hydrogen (secondary N) is 1. The Morgan fingerprint density at radius 2 is 1.55 bits per heavy atom. The van der Waals surface area contributed by atoms with Crippen LogP contribution in [0.4, 0.5) is 4.79 Å². The molecule has 3 aromatic carbocycles. The maximum Gasteiger partial charge on any atom is 0.325 e. The van der Waals surface area contributed by atoms with Gasteiger partial charge in [0.05, 0.1) is 6.54 Å². The van der Waals surface area contributed by atoms with Gasteiger partial charge in [-0.3, -0.25) is 9.69 Å². The maximum absolute atomic E-state index is 13.0. The van der Waals surface area contributed by atoms with E-state index in [0.717, 1.165) is 10.6 Å². The lowest BCUT2D eigenvalue weighted by Crippen LogP contribution is -2.42. The quantitative estimate of drug-likeness (QED) is 0.482. The van der Waals surface area contributed by atoms with Crippen molar-refractivity contribution in [2.45, 2.75) is 18.6 Å². The number of rotatable bonds is 8. The SMILES string of the molecule is CC1(c2ccc(Cl)cc2)NC(=O)N(CC(O)COc2ccc(Oc3ccccc3)cc2)C1=O. The highest BCUT2D eigenvalue weighted by Gasteiger charge is 2.49. The Hall–Kier alpha value is -3.55. The third-order valence-corrected chi connectivity index (χ3v) is 5.59. The van der Waals surface area contributed by atoms with E-state index in [0.29, 0.717) is 22.1 Å². The lowest BCUT2D eigenvalue weighted by Gasteiger charge is -2.23. The Bertz CT molecular complexity index is 1120. The van der Waals surface area contributed by atoms with Crippen LogP contribution in [-0.4, -0.2) is 41.2 Å². The van der Waals surface area contributed by atoms with Crippen LogP contribution in [0, 0.1) is 0 Å². The first-order valence-electron chi connectivity index (χ1n) is 10.4. The minimum atomic E-state index is -1.23. The number of carbonyl (C=O) groups excluding carboxylic acids is 2. The van der Waals surface area contributed by atoms with Crippen molar-refractivity contribution in [2.75, 3.05) is 13.2 Å². The van der Waals surface area contributed by atoms with Gasteiger partial charge in [-0.1, -0.05) is 41.9 Å². The van der Waals surface area contributed by atoms with Crippen LogP contribution in [0.25, 0.3) is 0 Å². The number of imide groups is 1. The van der Waals surface area contributed by atoms with Crippen LogP contribution in [0.2, 0.25) is 5.02 Å². The molecule has 0 bridgehead atoms. The molecule has 0 aliphatic carbocycles. The Morgan fingerprint density at radius 1 is 0.939 bits per heavy atom. The summed E-state index contributed by atoms with van der Waals surface area (Å²) in [5.41, 5.74) is -0.618. The monoisotopic (exact) mass is 466 g/mol. The predicted octanol–water partition coefficient (Wildman–Crippen LogP) is 4.34. The number of amides is 3. The van der Waals surface area contributed by atoms with E-state index in [1.165, 1.54) is 0 Å². The topological polar surface area (TPSA) is 88.1 Å². The van der Waals surface area contributed by atoms with Crippen molar-refractivity contribution in [3.8, 4) is 17.2 Å². The molecule has 1 aliphatic heterocycles. The molecule has 8 heteroatoms. The highest BCUT2D eigenvalue weighted by molar-refractivity contribution is 6.30. The number of β-amino-alcohol motifs (C(OH)–C–C–N with tert-alkyl or cyclic N) is 1. The number of ether oxygens (including phenoxy) is 2. The maximum atomic E-state index is 13.0. The van der Waals surface area contributed by atoms with Crippen LogP contribution in [0.3, 0.4) is 0 Å². The number of hydrogen-bond donors (Lipinski definition) is 2. The number of nitrogens with zero attached hydrogens (tertiary/aromatic N) is 1. The zero-order valence-electron chi connectivity index (χ0n) is 17.9. The van der Waals surface area contributed by atoms with Crippen molar-refractivity contribution in [1.29, 1.82) is 0 Å². The Morgan fingerprint density at radius 3 is 2.21 bits per heavy atom. The van der Waals surface area contributed by atoms with Crippen LogP contribution >= 0.6 is 11.6 Å². The number of halogens is 1. The summed E-state index contributed by atoms with van der Waals surface area (Å²) >= 11 is 5.92. The van der Waals surface area contributed by atoms with Crippen molar-refractivity contribution in [1.82, 2.24) is 10.2 Å². The number of aliphatic hydroxyl groups excluding tert-OH is 1. The van der Waals surface area contributed by atoms with Crippen molar-refractivity contribution >= 4 is 23.5 Å². The molecule has 170 valence electrons. The number of carbonyl (C=O) groups is 2. The van der Waals surface area contributed by atoms with E-state index in [1.807, 2.05) is 30.3 Å². The van der Waals surface area contributed by atoms with Gasteiger partial charge in [0.1, 0.15) is 35.5 Å². The van der Waals surface area contributed by atoms with E-state index in [1.54, 1.807) is 55.5 Å². The molecular formula is C25H23ClN2O5. The number of urea groups is 1. The van der Waals surface area contributed by atoms with Gasteiger partial charge in [0.2, 0.25) is 0 Å². The van der Waals surface area contributed by atoms with Gasteiger partial charge in [0, 0.05) is 5.02 Å². The molecule has 4 rings (SSSR count). The van der Waals surface area contributed by atoms with Crippen molar-refractivity contribution in [3.63, 3.8) is 0 Å². The van der Waals surface area contributed by atoms with Crippen molar-refractivity contribution in [3.05, 3.63) is 89.4 Å². The molecule has 0 saturated carbocycles. The smallest absolute Gasteiger partial charge is 0.325 e. The zero-order chi connectivity index (χ0) is 23.4. The normalized spacial score (nSPS) is 18.7. The average Bonchev–Trinajstić information content (AvgIpc) is 3.03. The molecule has 1 saturated heterocycles. The number of aliphatic hydroxyl groups is 1. The molecule has 33 heavy (non-hydrogen) atoms. The lowest BCUT2D eigenvalue weighted by atomic mass is 9.92. The third-order valence-electron chi connectivity index (χ3n) is 5.33. The van der Waals surface area contributed by atoms with Gasteiger partial charge in [-0.05, 0) is 61.0 Å². The van der Waals surface area contributed by atoms with Crippen LogP contribution in [0.1, 0.15) is 12.5 Å². The molecule has 2 N–H and O–H groups in total. The average molecular weight is 467 g/mol. The number of hydrogen-bond acceptors (Lipinski definition) is 5. The second-order valence-corrected chi connectivity index (χ2v) is 8.27. The van der Waals surface area contributed by atoms with E-state index in [-0.39, 0.29) is 13.2 Å². The first-order chi connectivity index (χ1) is 15.8. The molecule has 1 aliphatic rings. The fraction of sp³-hybridized carbons (Fsp3) is 0.200. The van der Waals surface area contributed by atoms with Gasteiger partial charge in [0.25, 0.3) is 5.91 Å². The molecule has 3 aromatic rings. The summed E-state index contributed by atoms with van der Waals surface area (Å²) in [6.07, 6.45) is -1.06. The molecule has 7 nitrogen and oxygen atoms in total. The van der Waals surface area contributed by atoms with Crippen molar-refractivity contribution in [2.24, 2.45) is 0 Å². The molecule has 2 atom stereocenters. The van der Waals surface area contributed by atoms with Gasteiger partial charge in [-0.15, -0.1) is 0 Å². The molecule has 2 unspecified atom stereocenters. The minimum Gasteiger partial charge on any atom is -0.491 e. The lowest BCUT2D eigenvalue weighted by molar-refractivity contribution is -0.132. The van der Waals surface area contributed by atoms with Gasteiger partial charge >= 0.3 is 6.03 Å². The largest absolute Gasteiger partial charge is 0.491 e. The second kappa shape index (κ2) is 9.52. The predicted molar refractivity (Wildman–Crippen MR) is 124 cm³/mol. The van der Waals surface area contributed by atoms with Crippen LogP contribution < -0.4 is 14.8 Å². The first kappa shape index (κ1) is 22.6.